The number of ether oxygens (including phenoxy) is 1. The van der Waals surface area contributed by atoms with Crippen molar-refractivity contribution in [2.24, 2.45) is 0 Å². The van der Waals surface area contributed by atoms with Gasteiger partial charge < -0.3 is 14.7 Å². The van der Waals surface area contributed by atoms with E-state index in [9.17, 15) is 23.1 Å². The highest BCUT2D eigenvalue weighted by atomic mass is 19.4. The number of likely N-dealkylation sites (N-methyl/N-ethyl adjacent to an activating group) is 1. The number of halogens is 3. The largest absolute Gasteiger partial charge is 0.433 e. The van der Waals surface area contributed by atoms with Gasteiger partial charge in [-0.3, -0.25) is 4.79 Å². The average Bonchev–Trinajstić information content (AvgIpc) is 3.12. The molecule has 0 aromatic carbocycles. The minimum absolute atomic E-state index is 0.0602. The number of hydrogen-bond acceptors (Lipinski definition) is 5. The van der Waals surface area contributed by atoms with Gasteiger partial charge in [0.1, 0.15) is 5.69 Å². The maximum atomic E-state index is 13.2. The molecule has 0 saturated carbocycles. The Morgan fingerprint density at radius 3 is 2.72 bits per heavy atom. The zero-order valence-electron chi connectivity index (χ0n) is 13.6. The van der Waals surface area contributed by atoms with Crippen molar-refractivity contribution in [2.45, 2.75) is 32.2 Å². The summed E-state index contributed by atoms with van der Waals surface area (Å²) >= 11 is 0. The predicted octanol–water partition coefficient (Wildman–Crippen LogP) is 1.28. The van der Waals surface area contributed by atoms with Gasteiger partial charge in [0, 0.05) is 18.3 Å². The Morgan fingerprint density at radius 2 is 2.16 bits per heavy atom. The highest BCUT2D eigenvalue weighted by Gasteiger charge is 2.37. The lowest BCUT2D eigenvalue weighted by Gasteiger charge is -2.27. The van der Waals surface area contributed by atoms with E-state index in [-0.39, 0.29) is 36.8 Å². The molecule has 25 heavy (non-hydrogen) atoms. The molecule has 0 spiro atoms. The number of aliphatic hydroxyl groups excluding tert-OH is 1. The number of nitrogens with zero attached hydrogens (tertiary/aromatic N) is 4. The first-order valence-corrected chi connectivity index (χ1v) is 7.73. The van der Waals surface area contributed by atoms with Crippen molar-refractivity contribution in [3.8, 4) is 0 Å². The average molecular weight is 358 g/mol. The molecule has 1 saturated heterocycles. The quantitative estimate of drug-likeness (QED) is 0.894. The van der Waals surface area contributed by atoms with Gasteiger partial charge in [0.25, 0.3) is 5.91 Å². The van der Waals surface area contributed by atoms with Gasteiger partial charge in [0.2, 0.25) is 0 Å². The second-order valence-electron chi connectivity index (χ2n) is 5.84. The molecule has 1 amide bonds. The monoisotopic (exact) mass is 358 g/mol. The lowest BCUT2D eigenvalue weighted by Crippen LogP contribution is -2.46. The summed E-state index contributed by atoms with van der Waals surface area (Å²) in [5, 5.41) is 13.7. The van der Waals surface area contributed by atoms with Crippen LogP contribution in [0.25, 0.3) is 5.65 Å². The molecule has 0 bridgehead atoms. The highest BCUT2D eigenvalue weighted by molar-refractivity contribution is 5.93. The minimum Gasteiger partial charge on any atom is -0.388 e. The van der Waals surface area contributed by atoms with Crippen LogP contribution >= 0.6 is 0 Å². The zero-order valence-corrected chi connectivity index (χ0v) is 13.6. The predicted molar refractivity (Wildman–Crippen MR) is 80.1 cm³/mol. The van der Waals surface area contributed by atoms with Crippen LogP contribution in [-0.2, 0) is 10.9 Å². The van der Waals surface area contributed by atoms with E-state index in [0.717, 1.165) is 6.07 Å². The van der Waals surface area contributed by atoms with Crippen LogP contribution in [0.2, 0.25) is 0 Å². The van der Waals surface area contributed by atoms with Crippen molar-refractivity contribution in [1.82, 2.24) is 19.5 Å². The molecule has 0 aliphatic carbocycles. The Kier molecular flexibility index (Phi) is 4.41. The van der Waals surface area contributed by atoms with Crippen LogP contribution in [0.3, 0.4) is 0 Å². The first-order valence-electron chi connectivity index (χ1n) is 7.73. The van der Waals surface area contributed by atoms with E-state index in [0.29, 0.717) is 4.52 Å². The smallest absolute Gasteiger partial charge is 0.388 e. The van der Waals surface area contributed by atoms with Crippen molar-refractivity contribution in [2.75, 3.05) is 19.8 Å². The van der Waals surface area contributed by atoms with Gasteiger partial charge in [0.15, 0.2) is 11.3 Å². The van der Waals surface area contributed by atoms with Crippen LogP contribution in [0.5, 0.6) is 0 Å². The molecule has 2 atom stereocenters. The first-order chi connectivity index (χ1) is 11.7. The Bertz CT molecular complexity index is 805. The summed E-state index contributed by atoms with van der Waals surface area (Å²) in [6.07, 6.45) is -5.47. The van der Waals surface area contributed by atoms with Gasteiger partial charge >= 0.3 is 6.18 Å². The summed E-state index contributed by atoms with van der Waals surface area (Å²) in [5.41, 5.74) is -1.05. The molecule has 1 N–H and O–H groups in total. The van der Waals surface area contributed by atoms with Crippen molar-refractivity contribution in [3.05, 3.63) is 29.2 Å². The first kappa shape index (κ1) is 17.6. The molecule has 1 aliphatic rings. The molecule has 1 aliphatic heterocycles. The maximum absolute atomic E-state index is 13.2. The second-order valence-corrected chi connectivity index (χ2v) is 5.84. The number of alkyl halides is 3. The number of amides is 1. The van der Waals surface area contributed by atoms with Crippen LogP contribution in [-0.4, -0.2) is 62.4 Å². The minimum atomic E-state index is -4.63. The third kappa shape index (κ3) is 3.19. The summed E-state index contributed by atoms with van der Waals surface area (Å²) in [7, 11) is 0. The van der Waals surface area contributed by atoms with Crippen molar-refractivity contribution < 1.29 is 27.8 Å². The SMILES string of the molecule is CCN(C(=O)c1cc2nc(C)cc(C(F)(F)F)n2n1)[C@H]1COC[C@@H]1O. The lowest BCUT2D eigenvalue weighted by atomic mass is 10.1. The number of fused-ring (bicyclic) bond motifs is 1. The molecule has 3 rings (SSSR count). The topological polar surface area (TPSA) is 80.0 Å². The number of aryl methyl sites for hydroxylation is 1. The van der Waals surface area contributed by atoms with Gasteiger partial charge in [-0.2, -0.15) is 18.3 Å². The van der Waals surface area contributed by atoms with Gasteiger partial charge in [-0.05, 0) is 19.9 Å². The normalized spacial score (nSPS) is 21.0. The Hall–Kier alpha value is -2.20. The Labute approximate surface area is 141 Å². The van der Waals surface area contributed by atoms with E-state index < -0.39 is 29.9 Å². The molecular formula is C15H17F3N4O3. The van der Waals surface area contributed by atoms with E-state index in [2.05, 4.69) is 10.1 Å². The fraction of sp³-hybridized carbons (Fsp3) is 0.533. The number of rotatable bonds is 3. The summed E-state index contributed by atoms with van der Waals surface area (Å²) in [5.74, 6) is -0.576. The molecule has 3 heterocycles. The van der Waals surface area contributed by atoms with E-state index in [1.54, 1.807) is 6.92 Å². The van der Waals surface area contributed by atoms with E-state index in [4.69, 9.17) is 4.74 Å². The molecule has 136 valence electrons. The third-order valence-electron chi connectivity index (χ3n) is 4.09. The number of aliphatic hydroxyl groups is 1. The second kappa shape index (κ2) is 6.26. The molecule has 10 heteroatoms. The van der Waals surface area contributed by atoms with Crippen molar-refractivity contribution in [3.63, 3.8) is 0 Å². The van der Waals surface area contributed by atoms with Crippen LogP contribution in [0.15, 0.2) is 12.1 Å². The summed E-state index contributed by atoms with van der Waals surface area (Å²) in [6.45, 7) is 3.69. The molecular weight excluding hydrogens is 341 g/mol. The summed E-state index contributed by atoms with van der Waals surface area (Å²) in [4.78, 5) is 18.1. The van der Waals surface area contributed by atoms with Crippen LogP contribution < -0.4 is 0 Å². The maximum Gasteiger partial charge on any atom is 0.433 e. The van der Waals surface area contributed by atoms with Gasteiger partial charge in [0.05, 0.1) is 25.4 Å². The van der Waals surface area contributed by atoms with Crippen LogP contribution in [0.4, 0.5) is 13.2 Å². The van der Waals surface area contributed by atoms with Crippen LogP contribution in [0.1, 0.15) is 28.8 Å². The van der Waals surface area contributed by atoms with Crippen LogP contribution in [0, 0.1) is 6.92 Å². The fourth-order valence-electron chi connectivity index (χ4n) is 2.91. The molecule has 1 fully saturated rings. The van der Waals surface area contributed by atoms with E-state index in [1.807, 2.05) is 0 Å². The van der Waals surface area contributed by atoms with Crippen molar-refractivity contribution >= 4 is 11.6 Å². The molecule has 0 radical (unpaired) electrons. The number of carbonyl (C=O) groups is 1. The van der Waals surface area contributed by atoms with Gasteiger partial charge in [-0.15, -0.1) is 0 Å². The number of hydrogen-bond donors (Lipinski definition) is 1. The zero-order chi connectivity index (χ0) is 18.4. The number of aromatic nitrogens is 3. The van der Waals surface area contributed by atoms with Crippen molar-refractivity contribution in [1.29, 1.82) is 0 Å². The lowest BCUT2D eigenvalue weighted by molar-refractivity contribution is -0.142. The fourth-order valence-corrected chi connectivity index (χ4v) is 2.91. The van der Waals surface area contributed by atoms with E-state index in [1.165, 1.54) is 17.9 Å². The molecule has 0 unspecified atom stereocenters. The molecule has 2 aromatic rings. The van der Waals surface area contributed by atoms with Gasteiger partial charge in [-0.25, -0.2) is 9.50 Å². The van der Waals surface area contributed by atoms with E-state index >= 15 is 0 Å². The summed E-state index contributed by atoms with van der Waals surface area (Å²) in [6, 6.07) is 1.54. The Balaban J connectivity index is 2.02. The van der Waals surface area contributed by atoms with Gasteiger partial charge in [-0.1, -0.05) is 0 Å². The molecule has 2 aromatic heterocycles. The molecule has 7 nitrogen and oxygen atoms in total. The summed E-state index contributed by atoms with van der Waals surface area (Å²) < 4.78 is 45.4. The Morgan fingerprint density at radius 1 is 1.44 bits per heavy atom. The number of carbonyl (C=O) groups excluding carboxylic acids is 1. The third-order valence-corrected chi connectivity index (χ3v) is 4.09. The highest BCUT2D eigenvalue weighted by Crippen LogP contribution is 2.30. The standard InChI is InChI=1S/C15H17F3N4O3/c1-3-21(10-6-25-7-11(10)23)14(24)9-5-13-19-8(2)4-12(15(16,17)18)22(13)20-9/h4-5,10-11,23H,3,6-7H2,1-2H3/t10-,11-/m0/s1.